The van der Waals surface area contributed by atoms with Crippen molar-refractivity contribution in [2.75, 3.05) is 39.6 Å². The second kappa shape index (κ2) is 73.9. The van der Waals surface area contributed by atoms with E-state index in [1.54, 1.807) is 0 Å². The van der Waals surface area contributed by atoms with Crippen LogP contribution in [0.1, 0.15) is 433 Å². The number of ether oxygens (including phenoxy) is 4. The molecule has 0 aromatic heterocycles. The Morgan fingerprint density at radius 1 is 0.270 bits per heavy atom. The predicted molar refractivity (Wildman–Crippen MR) is 409 cm³/mol. The second-order valence-corrected chi connectivity index (χ2v) is 32.5. The van der Waals surface area contributed by atoms with Gasteiger partial charge in [0.15, 0.2) is 12.2 Å². The third-order valence-corrected chi connectivity index (χ3v) is 20.9. The van der Waals surface area contributed by atoms with Crippen molar-refractivity contribution in [3.8, 4) is 0 Å². The number of phosphoric ester groups is 2. The van der Waals surface area contributed by atoms with Crippen molar-refractivity contribution in [1.82, 2.24) is 0 Å². The average molecular weight is 1470 g/mol. The first-order valence-corrected chi connectivity index (χ1v) is 45.1. The van der Waals surface area contributed by atoms with Crippen molar-refractivity contribution in [2.45, 2.75) is 451 Å². The molecule has 0 aliphatic carbocycles. The van der Waals surface area contributed by atoms with Crippen LogP contribution in [0.4, 0.5) is 0 Å². The van der Waals surface area contributed by atoms with E-state index < -0.39 is 97.5 Å². The topological polar surface area (TPSA) is 237 Å². The smallest absolute Gasteiger partial charge is 0.462 e. The summed E-state index contributed by atoms with van der Waals surface area (Å²) in [5.74, 6) is -1.30. The predicted octanol–water partition coefficient (Wildman–Crippen LogP) is 24.4. The van der Waals surface area contributed by atoms with Crippen LogP contribution in [0, 0.1) is 5.92 Å². The molecule has 17 nitrogen and oxygen atoms in total. The normalized spacial score (nSPS) is 13.8. The zero-order valence-corrected chi connectivity index (χ0v) is 67.1. The summed E-state index contributed by atoms with van der Waals surface area (Å²) in [6.45, 7) is 7.36. The minimum atomic E-state index is -4.96. The average Bonchev–Trinajstić information content (AvgIpc) is 1.00. The minimum absolute atomic E-state index is 0.108. The molecule has 0 aliphatic heterocycles. The molecule has 0 saturated heterocycles. The molecule has 0 aromatic rings. The van der Waals surface area contributed by atoms with Crippen molar-refractivity contribution in [3.05, 3.63) is 0 Å². The molecule has 19 heteroatoms. The number of unbranched alkanes of at least 4 members (excludes halogenated alkanes) is 53. The molecule has 0 rings (SSSR count). The Morgan fingerprint density at radius 2 is 0.460 bits per heavy atom. The Morgan fingerprint density at radius 3 is 0.680 bits per heavy atom. The minimum Gasteiger partial charge on any atom is -0.462 e. The first-order chi connectivity index (χ1) is 48.5. The summed E-state index contributed by atoms with van der Waals surface area (Å²) in [5, 5.41) is 10.6. The molecule has 0 radical (unpaired) electrons. The molecule has 2 unspecified atom stereocenters. The van der Waals surface area contributed by atoms with Crippen LogP contribution in [0.3, 0.4) is 0 Å². The molecule has 0 spiro atoms. The van der Waals surface area contributed by atoms with Gasteiger partial charge in [0.1, 0.15) is 19.3 Å². The first kappa shape index (κ1) is 98.1. The van der Waals surface area contributed by atoms with Gasteiger partial charge < -0.3 is 33.8 Å². The van der Waals surface area contributed by atoms with E-state index in [4.69, 9.17) is 37.0 Å². The van der Waals surface area contributed by atoms with Crippen LogP contribution in [-0.4, -0.2) is 96.7 Å². The molecule has 0 aliphatic rings. The summed E-state index contributed by atoms with van der Waals surface area (Å²) in [6.07, 6.45) is 65.1. The van der Waals surface area contributed by atoms with Crippen molar-refractivity contribution in [1.29, 1.82) is 0 Å². The lowest BCUT2D eigenvalue weighted by Crippen LogP contribution is -2.30. The quantitative estimate of drug-likeness (QED) is 0.0222. The van der Waals surface area contributed by atoms with E-state index in [1.165, 1.54) is 257 Å². The third-order valence-electron chi connectivity index (χ3n) is 19.0. The van der Waals surface area contributed by atoms with E-state index >= 15 is 0 Å². The van der Waals surface area contributed by atoms with E-state index in [2.05, 4.69) is 34.6 Å². The maximum Gasteiger partial charge on any atom is 0.472 e. The summed E-state index contributed by atoms with van der Waals surface area (Å²) < 4.78 is 68.7. The summed E-state index contributed by atoms with van der Waals surface area (Å²) in [5.41, 5.74) is 0. The molecule has 100 heavy (non-hydrogen) atoms. The lowest BCUT2D eigenvalue weighted by atomic mass is 10.0. The fourth-order valence-electron chi connectivity index (χ4n) is 12.6. The van der Waals surface area contributed by atoms with Gasteiger partial charge >= 0.3 is 39.5 Å². The lowest BCUT2D eigenvalue weighted by Gasteiger charge is -2.21. The standard InChI is InChI=1S/C81H158O17P2/c1-6-9-12-15-18-21-24-27-28-29-30-33-36-41-45-50-55-60-65-79(84)92-71-77(98-81(86)67-62-57-52-47-42-37-34-31-32-35-38-43-48-53-58-63-74(4)5)73-96-100(89,90)94-69-75(82)68-93-99(87,88)95-72-76(97-80(85)66-61-56-51-46-40-26-23-20-17-14-11-8-3)70-91-78(83)64-59-54-49-44-39-25-22-19-16-13-10-7-2/h74-77,82H,6-73H2,1-5H3,(H,87,88)(H,89,90)/t75-,76+,77+/m0/s1. The van der Waals surface area contributed by atoms with Gasteiger partial charge in [0.25, 0.3) is 0 Å². The van der Waals surface area contributed by atoms with Crippen LogP contribution in [0.25, 0.3) is 0 Å². The van der Waals surface area contributed by atoms with Gasteiger partial charge in [-0.3, -0.25) is 37.3 Å². The van der Waals surface area contributed by atoms with Gasteiger partial charge in [-0.25, -0.2) is 9.13 Å². The second-order valence-electron chi connectivity index (χ2n) is 29.6. The van der Waals surface area contributed by atoms with E-state index in [0.29, 0.717) is 25.7 Å². The SMILES string of the molecule is CCCCCCCCCCCCCCCCCCCCC(=O)OC[C@H](COP(=O)(O)OC[C@@H](O)COP(=O)(O)OC[C@@H](COC(=O)CCCCCCCCCCCCCC)OC(=O)CCCCCCCCCCCCCC)OC(=O)CCCCCCCCCCCCCCCCCC(C)C. The van der Waals surface area contributed by atoms with Gasteiger partial charge in [0, 0.05) is 25.7 Å². The largest absolute Gasteiger partial charge is 0.472 e. The molecular formula is C81H158O17P2. The highest BCUT2D eigenvalue weighted by atomic mass is 31.2. The number of carbonyl (C=O) groups excluding carboxylic acids is 4. The number of hydrogen-bond donors (Lipinski definition) is 3. The summed E-state index contributed by atoms with van der Waals surface area (Å²) in [7, 11) is -9.92. The van der Waals surface area contributed by atoms with Crippen molar-refractivity contribution in [3.63, 3.8) is 0 Å². The van der Waals surface area contributed by atoms with Crippen LogP contribution in [-0.2, 0) is 65.4 Å². The molecule has 0 heterocycles. The zero-order chi connectivity index (χ0) is 73.4. The molecule has 0 amide bonds. The Balaban J connectivity index is 5.24. The number of esters is 4. The number of aliphatic hydroxyl groups is 1. The highest BCUT2D eigenvalue weighted by Gasteiger charge is 2.30. The number of aliphatic hydroxyl groups excluding tert-OH is 1. The third kappa shape index (κ3) is 74.3. The highest BCUT2D eigenvalue weighted by Crippen LogP contribution is 2.45. The summed E-state index contributed by atoms with van der Waals surface area (Å²) in [6, 6.07) is 0. The Labute approximate surface area is 613 Å². The number of phosphoric acid groups is 2. The Bertz CT molecular complexity index is 1910. The molecule has 594 valence electrons. The molecule has 0 aromatic carbocycles. The highest BCUT2D eigenvalue weighted by molar-refractivity contribution is 7.47. The lowest BCUT2D eigenvalue weighted by molar-refractivity contribution is -0.161. The number of hydrogen-bond acceptors (Lipinski definition) is 15. The van der Waals surface area contributed by atoms with E-state index in [1.807, 2.05) is 0 Å². The maximum atomic E-state index is 13.1. The van der Waals surface area contributed by atoms with Crippen LogP contribution in [0.5, 0.6) is 0 Å². The molecule has 0 bridgehead atoms. The summed E-state index contributed by atoms with van der Waals surface area (Å²) >= 11 is 0. The van der Waals surface area contributed by atoms with Gasteiger partial charge in [-0.05, 0) is 31.6 Å². The fourth-order valence-corrected chi connectivity index (χ4v) is 14.2. The van der Waals surface area contributed by atoms with Crippen molar-refractivity contribution in [2.24, 2.45) is 5.92 Å². The van der Waals surface area contributed by atoms with Crippen LogP contribution >= 0.6 is 15.6 Å². The first-order valence-electron chi connectivity index (χ1n) is 42.1. The van der Waals surface area contributed by atoms with Gasteiger partial charge in [-0.15, -0.1) is 0 Å². The molecule has 3 N–H and O–H groups in total. The molecule has 0 saturated carbocycles. The van der Waals surface area contributed by atoms with E-state index in [9.17, 15) is 43.2 Å². The van der Waals surface area contributed by atoms with Gasteiger partial charge in [-0.1, -0.05) is 381 Å². The van der Waals surface area contributed by atoms with Crippen LogP contribution in [0.15, 0.2) is 0 Å². The Kier molecular flexibility index (Phi) is 72.5. The fraction of sp³-hybridized carbons (Fsp3) is 0.951. The molecule has 5 atom stereocenters. The maximum absolute atomic E-state index is 13.1. The Hall–Kier alpha value is -1.94. The molecule has 0 fully saturated rings. The monoisotopic (exact) mass is 1470 g/mol. The van der Waals surface area contributed by atoms with E-state index in [-0.39, 0.29) is 25.7 Å². The van der Waals surface area contributed by atoms with Crippen molar-refractivity contribution < 1.29 is 80.2 Å². The van der Waals surface area contributed by atoms with Crippen molar-refractivity contribution >= 4 is 39.5 Å². The van der Waals surface area contributed by atoms with Gasteiger partial charge in [-0.2, -0.15) is 0 Å². The van der Waals surface area contributed by atoms with Gasteiger partial charge in [0.05, 0.1) is 26.4 Å². The zero-order valence-electron chi connectivity index (χ0n) is 65.3. The number of carbonyl (C=O) groups is 4. The van der Waals surface area contributed by atoms with Crippen LogP contribution < -0.4 is 0 Å². The van der Waals surface area contributed by atoms with Gasteiger partial charge in [0.2, 0.25) is 0 Å². The van der Waals surface area contributed by atoms with Crippen LogP contribution in [0.2, 0.25) is 0 Å². The molecular weight excluding hydrogens is 1310 g/mol. The number of rotatable bonds is 81. The van der Waals surface area contributed by atoms with E-state index in [0.717, 1.165) is 95.8 Å². The summed E-state index contributed by atoms with van der Waals surface area (Å²) in [4.78, 5) is 73.0.